The number of unbranched alkanes of at least 4 members (excludes halogenated alkanes) is 2. The maximum Gasteiger partial charge on any atom is 0.0577 e. The molecule has 3 fully saturated rings. The Kier molecular flexibility index (Phi) is 5.29. The van der Waals surface area contributed by atoms with Gasteiger partial charge in [0.15, 0.2) is 0 Å². The summed E-state index contributed by atoms with van der Waals surface area (Å²) in [6, 6.07) is 0. The molecule has 2 heteroatoms. The Labute approximate surface area is 160 Å². The highest BCUT2D eigenvalue weighted by Crippen LogP contribution is 2.66. The van der Waals surface area contributed by atoms with Gasteiger partial charge in [0.1, 0.15) is 0 Å². The predicted octanol–water partition coefficient (Wildman–Crippen LogP) is 5.48. The summed E-state index contributed by atoms with van der Waals surface area (Å²) >= 11 is 0. The van der Waals surface area contributed by atoms with Gasteiger partial charge in [-0.3, -0.25) is 0 Å². The van der Waals surface area contributed by atoms with Crippen LogP contribution >= 0.6 is 0 Å². The largest absolute Gasteiger partial charge is 0.396 e. The van der Waals surface area contributed by atoms with E-state index in [4.69, 9.17) is 5.11 Å². The number of aliphatic hydroxyl groups is 2. The molecule has 4 aliphatic rings. The van der Waals surface area contributed by atoms with Crippen LogP contribution in [0.2, 0.25) is 0 Å². The van der Waals surface area contributed by atoms with E-state index in [0.29, 0.717) is 17.4 Å². The highest BCUT2D eigenvalue weighted by molar-refractivity contribution is 5.25. The van der Waals surface area contributed by atoms with Crippen LogP contribution in [0.1, 0.15) is 90.9 Å². The van der Waals surface area contributed by atoms with Gasteiger partial charge in [0, 0.05) is 6.61 Å². The van der Waals surface area contributed by atoms with Crippen molar-refractivity contribution < 1.29 is 10.2 Å². The molecule has 3 saturated carbocycles. The van der Waals surface area contributed by atoms with E-state index in [9.17, 15) is 5.11 Å². The Morgan fingerprint density at radius 1 is 1.00 bits per heavy atom. The number of rotatable bonds is 5. The van der Waals surface area contributed by atoms with Gasteiger partial charge in [0.05, 0.1) is 6.10 Å². The monoisotopic (exact) mass is 360 g/mol. The second-order valence-electron chi connectivity index (χ2n) is 10.5. The second kappa shape index (κ2) is 7.24. The van der Waals surface area contributed by atoms with Gasteiger partial charge in [-0.25, -0.2) is 0 Å². The molecule has 0 aromatic carbocycles. The highest BCUT2D eigenvalue weighted by atomic mass is 16.3. The van der Waals surface area contributed by atoms with Crippen molar-refractivity contribution >= 4 is 0 Å². The number of allylic oxidation sites excluding steroid dienone is 1. The molecule has 2 N–H and O–H groups in total. The van der Waals surface area contributed by atoms with Crippen LogP contribution in [0.3, 0.4) is 0 Å². The molecule has 148 valence electrons. The van der Waals surface area contributed by atoms with E-state index in [0.717, 1.165) is 42.9 Å². The average Bonchev–Trinajstić information content (AvgIpc) is 2.96. The molecule has 5 unspecified atom stereocenters. The molecule has 0 amide bonds. The van der Waals surface area contributed by atoms with Gasteiger partial charge >= 0.3 is 0 Å². The molecule has 4 rings (SSSR count). The van der Waals surface area contributed by atoms with Crippen LogP contribution in [-0.2, 0) is 0 Å². The molecular weight excluding hydrogens is 320 g/mol. The summed E-state index contributed by atoms with van der Waals surface area (Å²) < 4.78 is 0. The van der Waals surface area contributed by atoms with Crippen molar-refractivity contribution in [3.8, 4) is 0 Å². The summed E-state index contributed by atoms with van der Waals surface area (Å²) in [4.78, 5) is 0. The zero-order valence-corrected chi connectivity index (χ0v) is 17.1. The topological polar surface area (TPSA) is 40.5 Å². The Balaban J connectivity index is 1.49. The summed E-state index contributed by atoms with van der Waals surface area (Å²) in [7, 11) is 0. The Bertz CT molecular complexity index is 540. The predicted molar refractivity (Wildman–Crippen MR) is 107 cm³/mol. The maximum atomic E-state index is 10.1. The molecule has 0 aromatic rings. The number of aliphatic hydroxyl groups excluding tert-OH is 2. The van der Waals surface area contributed by atoms with Gasteiger partial charge in [-0.15, -0.1) is 0 Å². The van der Waals surface area contributed by atoms with Crippen molar-refractivity contribution in [1.29, 1.82) is 0 Å². The minimum atomic E-state index is -0.0884. The first kappa shape index (κ1) is 19.0. The lowest BCUT2D eigenvalue weighted by Gasteiger charge is -2.58. The zero-order chi connectivity index (χ0) is 18.4. The lowest BCUT2D eigenvalue weighted by atomic mass is 9.47. The molecule has 0 saturated heterocycles. The number of hydrogen-bond donors (Lipinski definition) is 2. The molecule has 0 spiro atoms. The minimum Gasteiger partial charge on any atom is -0.396 e. The van der Waals surface area contributed by atoms with Gasteiger partial charge in [-0.1, -0.05) is 38.3 Å². The van der Waals surface area contributed by atoms with E-state index in [2.05, 4.69) is 19.9 Å². The van der Waals surface area contributed by atoms with Crippen molar-refractivity contribution in [3.05, 3.63) is 11.6 Å². The van der Waals surface area contributed by atoms with Crippen LogP contribution in [0.15, 0.2) is 11.6 Å². The molecule has 0 aliphatic heterocycles. The van der Waals surface area contributed by atoms with E-state index in [1.165, 1.54) is 57.8 Å². The SMILES string of the molecule is CC12CCC(O)CC1=CC[C@@H]1C2CCC2(C)C1CC[C@@H]2CCCCCO. The van der Waals surface area contributed by atoms with Crippen LogP contribution in [-0.4, -0.2) is 22.9 Å². The number of hydrogen-bond acceptors (Lipinski definition) is 2. The Morgan fingerprint density at radius 2 is 1.85 bits per heavy atom. The van der Waals surface area contributed by atoms with E-state index >= 15 is 0 Å². The molecular formula is C24H40O2. The third-order valence-corrected chi connectivity index (χ3v) is 9.48. The summed E-state index contributed by atoms with van der Waals surface area (Å²) in [5.41, 5.74) is 2.54. The fourth-order valence-electron chi connectivity index (χ4n) is 7.90. The van der Waals surface area contributed by atoms with Crippen molar-refractivity contribution in [2.75, 3.05) is 6.61 Å². The van der Waals surface area contributed by atoms with Crippen LogP contribution in [0, 0.1) is 34.5 Å². The maximum absolute atomic E-state index is 10.1. The van der Waals surface area contributed by atoms with E-state index in [1.54, 1.807) is 5.57 Å². The van der Waals surface area contributed by atoms with Crippen LogP contribution in [0.5, 0.6) is 0 Å². The molecule has 0 bridgehead atoms. The average molecular weight is 361 g/mol. The standard InChI is InChI=1S/C24H40O2/c1-23-14-12-22-20(9-7-18-16-19(26)11-13-24(18,22)2)21(23)10-8-17(23)6-4-3-5-15-25/h7,17,19-22,25-26H,3-6,8-16H2,1-2H3/t17-,19?,20-,21?,22?,23?,24?/m0/s1. The molecule has 0 aromatic heterocycles. The van der Waals surface area contributed by atoms with Crippen molar-refractivity contribution in [3.63, 3.8) is 0 Å². The van der Waals surface area contributed by atoms with E-state index in [1.807, 2.05) is 0 Å². The third kappa shape index (κ3) is 3.00. The summed E-state index contributed by atoms with van der Waals surface area (Å²) in [5, 5.41) is 19.2. The normalized spacial score (nSPS) is 47.7. The van der Waals surface area contributed by atoms with Crippen LogP contribution in [0.4, 0.5) is 0 Å². The second-order valence-corrected chi connectivity index (χ2v) is 10.5. The summed E-state index contributed by atoms with van der Waals surface area (Å²) in [6.07, 6.45) is 17.5. The van der Waals surface area contributed by atoms with Crippen molar-refractivity contribution in [2.24, 2.45) is 34.5 Å². The lowest BCUT2D eigenvalue weighted by molar-refractivity contribution is -0.0508. The third-order valence-electron chi connectivity index (χ3n) is 9.48. The lowest BCUT2D eigenvalue weighted by Crippen LogP contribution is -2.50. The van der Waals surface area contributed by atoms with Crippen LogP contribution in [0.25, 0.3) is 0 Å². The molecule has 2 nitrogen and oxygen atoms in total. The first-order valence-electron chi connectivity index (χ1n) is 11.5. The first-order chi connectivity index (χ1) is 12.5. The van der Waals surface area contributed by atoms with E-state index in [-0.39, 0.29) is 6.10 Å². The Morgan fingerprint density at radius 3 is 2.65 bits per heavy atom. The smallest absolute Gasteiger partial charge is 0.0577 e. The van der Waals surface area contributed by atoms with Gasteiger partial charge in [0.25, 0.3) is 0 Å². The first-order valence-corrected chi connectivity index (χ1v) is 11.5. The molecule has 0 radical (unpaired) electrons. The van der Waals surface area contributed by atoms with Crippen molar-refractivity contribution in [2.45, 2.75) is 97.0 Å². The van der Waals surface area contributed by atoms with Gasteiger partial charge < -0.3 is 10.2 Å². The van der Waals surface area contributed by atoms with Crippen LogP contribution < -0.4 is 0 Å². The highest BCUT2D eigenvalue weighted by Gasteiger charge is 2.58. The number of fused-ring (bicyclic) bond motifs is 5. The molecule has 7 atom stereocenters. The fraction of sp³-hybridized carbons (Fsp3) is 0.917. The minimum absolute atomic E-state index is 0.0884. The zero-order valence-electron chi connectivity index (χ0n) is 17.1. The fourth-order valence-corrected chi connectivity index (χ4v) is 7.90. The van der Waals surface area contributed by atoms with Crippen molar-refractivity contribution in [1.82, 2.24) is 0 Å². The summed E-state index contributed by atoms with van der Waals surface area (Å²) in [5.74, 6) is 3.59. The van der Waals surface area contributed by atoms with E-state index < -0.39 is 0 Å². The Hall–Kier alpha value is -0.340. The molecule has 26 heavy (non-hydrogen) atoms. The molecule has 4 aliphatic carbocycles. The van der Waals surface area contributed by atoms with Gasteiger partial charge in [-0.2, -0.15) is 0 Å². The van der Waals surface area contributed by atoms with Gasteiger partial charge in [0.2, 0.25) is 0 Å². The quantitative estimate of drug-likeness (QED) is 0.503. The molecule has 0 heterocycles. The summed E-state index contributed by atoms with van der Waals surface area (Å²) in [6.45, 7) is 5.52. The van der Waals surface area contributed by atoms with Gasteiger partial charge in [-0.05, 0) is 98.7 Å².